The highest BCUT2D eigenvalue weighted by molar-refractivity contribution is 9.10. The van der Waals surface area contributed by atoms with E-state index in [1.165, 1.54) is 0 Å². The molecule has 9 heteroatoms. The summed E-state index contributed by atoms with van der Waals surface area (Å²) in [5, 5.41) is 5.91. The fourth-order valence-corrected chi connectivity index (χ4v) is 5.91. The summed E-state index contributed by atoms with van der Waals surface area (Å²) in [6, 6.07) is 12.2. The summed E-state index contributed by atoms with van der Waals surface area (Å²) in [5.41, 5.74) is 2.03. The highest BCUT2D eigenvalue weighted by atomic mass is 79.9. The smallest absolute Gasteiger partial charge is 0.335 e. The molecule has 178 valence electrons. The Balaban J connectivity index is 1.71. The predicted molar refractivity (Wildman–Crippen MR) is 133 cm³/mol. The van der Waals surface area contributed by atoms with Crippen LogP contribution in [0.5, 0.6) is 0 Å². The van der Waals surface area contributed by atoms with Crippen molar-refractivity contribution >= 4 is 41.0 Å². The Bertz CT molecular complexity index is 1010. The zero-order valence-electron chi connectivity index (χ0n) is 18.9. The third-order valence-electron chi connectivity index (χ3n) is 5.41. The van der Waals surface area contributed by atoms with Gasteiger partial charge in [0, 0.05) is 16.1 Å². The van der Waals surface area contributed by atoms with E-state index in [9.17, 15) is 14.2 Å². The highest BCUT2D eigenvalue weighted by Gasteiger charge is 2.24. The van der Waals surface area contributed by atoms with E-state index in [1.54, 1.807) is 56.3 Å². The molecule has 0 aliphatic heterocycles. The highest BCUT2D eigenvalue weighted by Crippen LogP contribution is 2.51. The molecule has 2 aromatic rings. The maximum absolute atomic E-state index is 12.9. The number of amides is 2. The molecule has 0 atom stereocenters. The summed E-state index contributed by atoms with van der Waals surface area (Å²) < 4.78 is 24.2. The number of benzene rings is 2. The van der Waals surface area contributed by atoms with Gasteiger partial charge in [0.25, 0.3) is 11.8 Å². The van der Waals surface area contributed by atoms with Gasteiger partial charge in [-0.1, -0.05) is 40.9 Å². The lowest BCUT2D eigenvalue weighted by molar-refractivity contribution is 0.0938. The van der Waals surface area contributed by atoms with Crippen molar-refractivity contribution in [3.05, 3.63) is 63.6 Å². The summed E-state index contributed by atoms with van der Waals surface area (Å²) >= 11 is 3.41. The Morgan fingerprint density at radius 1 is 1.00 bits per heavy atom. The number of hydrogen-bond acceptors (Lipinski definition) is 5. The molecule has 2 N–H and O–H groups in total. The zero-order chi connectivity index (χ0) is 23.8. The first kappa shape index (κ1) is 25.6. The van der Waals surface area contributed by atoms with Crippen molar-refractivity contribution in [1.82, 2.24) is 5.32 Å². The monoisotopic (exact) mass is 536 g/mol. The van der Waals surface area contributed by atoms with Crippen molar-refractivity contribution in [3.63, 3.8) is 0 Å². The van der Waals surface area contributed by atoms with Crippen LogP contribution in [0.1, 0.15) is 65.8 Å². The Kier molecular flexibility index (Phi) is 9.27. The number of nitrogens with one attached hydrogen (secondary N) is 2. The molecule has 0 saturated heterocycles. The molecule has 1 saturated carbocycles. The largest absolute Gasteiger partial charge is 0.349 e. The maximum Gasteiger partial charge on any atom is 0.335 e. The summed E-state index contributed by atoms with van der Waals surface area (Å²) in [6.07, 6.45) is 4.33. The Hall–Kier alpha value is -1.99. The SMILES string of the molecule is CCOP(=O)(Cc1ccc(C(=O)Nc2ccc(Br)cc2C(=O)NC2CCCC2)cc1)OCC. The molecule has 33 heavy (non-hydrogen) atoms. The summed E-state index contributed by atoms with van der Waals surface area (Å²) in [7, 11) is -3.22. The molecule has 0 spiro atoms. The number of hydrogen-bond donors (Lipinski definition) is 2. The number of rotatable bonds is 10. The van der Waals surface area contributed by atoms with E-state index in [2.05, 4.69) is 26.6 Å². The van der Waals surface area contributed by atoms with Gasteiger partial charge in [-0.2, -0.15) is 0 Å². The van der Waals surface area contributed by atoms with E-state index in [-0.39, 0.29) is 24.0 Å². The molecule has 7 nitrogen and oxygen atoms in total. The number of halogens is 1. The van der Waals surface area contributed by atoms with Gasteiger partial charge in [-0.05, 0) is 62.6 Å². The standard InChI is InChI=1S/C24H30BrN2O5P/c1-3-31-33(30,32-4-2)16-17-9-11-18(12-10-17)23(28)27-22-14-13-19(25)15-21(22)24(29)26-20-7-5-6-8-20/h9-15,20H,3-8,16H2,1-2H3,(H,26,29)(H,27,28). The van der Waals surface area contributed by atoms with Crippen LogP contribution in [0, 0.1) is 0 Å². The van der Waals surface area contributed by atoms with Crippen molar-refractivity contribution in [2.75, 3.05) is 18.5 Å². The molecule has 2 aromatic carbocycles. The van der Waals surface area contributed by atoms with Crippen LogP contribution in [0.2, 0.25) is 0 Å². The second kappa shape index (κ2) is 11.9. The minimum Gasteiger partial charge on any atom is -0.349 e. The van der Waals surface area contributed by atoms with Crippen LogP contribution in [-0.2, 0) is 19.8 Å². The second-order valence-electron chi connectivity index (χ2n) is 7.90. The van der Waals surface area contributed by atoms with Crippen LogP contribution in [0.15, 0.2) is 46.9 Å². The number of carbonyl (C=O) groups excluding carboxylic acids is 2. The van der Waals surface area contributed by atoms with Crippen LogP contribution in [-0.4, -0.2) is 31.1 Å². The van der Waals surface area contributed by atoms with Gasteiger partial charge in [0.2, 0.25) is 0 Å². The molecule has 0 aromatic heterocycles. The third-order valence-corrected chi connectivity index (χ3v) is 7.96. The number of anilines is 1. The van der Waals surface area contributed by atoms with Gasteiger partial charge in [-0.25, -0.2) is 0 Å². The zero-order valence-corrected chi connectivity index (χ0v) is 21.4. The molecule has 2 amide bonds. The molecule has 0 unspecified atom stereocenters. The lowest BCUT2D eigenvalue weighted by Crippen LogP contribution is -2.33. The average Bonchev–Trinajstić information content (AvgIpc) is 3.28. The van der Waals surface area contributed by atoms with E-state index in [1.807, 2.05) is 0 Å². The molecular formula is C24H30BrN2O5P. The van der Waals surface area contributed by atoms with Crippen LogP contribution >= 0.6 is 23.5 Å². The van der Waals surface area contributed by atoms with Gasteiger partial charge in [0.1, 0.15) is 0 Å². The van der Waals surface area contributed by atoms with Gasteiger partial charge >= 0.3 is 7.60 Å². The summed E-state index contributed by atoms with van der Waals surface area (Å²) in [4.78, 5) is 25.7. The third kappa shape index (κ3) is 7.24. The average molecular weight is 537 g/mol. The van der Waals surface area contributed by atoms with Crippen LogP contribution in [0.25, 0.3) is 0 Å². The Labute approximate surface area is 203 Å². The van der Waals surface area contributed by atoms with Crippen LogP contribution in [0.3, 0.4) is 0 Å². The van der Waals surface area contributed by atoms with E-state index in [0.717, 1.165) is 35.7 Å². The first-order chi connectivity index (χ1) is 15.8. The minimum absolute atomic E-state index is 0.134. The topological polar surface area (TPSA) is 93.7 Å². The number of carbonyl (C=O) groups is 2. The summed E-state index contributed by atoms with van der Waals surface area (Å²) in [5.74, 6) is -0.534. The van der Waals surface area contributed by atoms with Crippen molar-refractivity contribution in [3.8, 4) is 0 Å². The van der Waals surface area contributed by atoms with Crippen molar-refractivity contribution < 1.29 is 23.2 Å². The van der Waals surface area contributed by atoms with Crippen LogP contribution in [0.4, 0.5) is 5.69 Å². The molecule has 0 bridgehead atoms. The van der Waals surface area contributed by atoms with Gasteiger partial charge in [0.05, 0.1) is 30.6 Å². The summed E-state index contributed by atoms with van der Waals surface area (Å²) in [6.45, 7) is 4.12. The van der Waals surface area contributed by atoms with Gasteiger partial charge < -0.3 is 19.7 Å². The van der Waals surface area contributed by atoms with E-state index in [4.69, 9.17) is 9.05 Å². The maximum atomic E-state index is 12.9. The van der Waals surface area contributed by atoms with Crippen LogP contribution < -0.4 is 10.6 Å². The second-order valence-corrected chi connectivity index (χ2v) is 10.9. The normalized spacial score (nSPS) is 14.3. The molecule has 1 aliphatic carbocycles. The molecule has 0 radical (unpaired) electrons. The first-order valence-electron chi connectivity index (χ1n) is 11.2. The molecule has 1 fully saturated rings. The Morgan fingerprint density at radius 2 is 1.64 bits per heavy atom. The Morgan fingerprint density at radius 3 is 2.24 bits per heavy atom. The lowest BCUT2D eigenvalue weighted by atomic mass is 10.1. The predicted octanol–water partition coefficient (Wildman–Crippen LogP) is 6.14. The molecule has 3 rings (SSSR count). The van der Waals surface area contributed by atoms with Crippen molar-refractivity contribution in [1.29, 1.82) is 0 Å². The first-order valence-corrected chi connectivity index (χ1v) is 13.7. The van der Waals surface area contributed by atoms with Gasteiger partial charge in [-0.15, -0.1) is 0 Å². The van der Waals surface area contributed by atoms with E-state index < -0.39 is 7.60 Å². The molecular weight excluding hydrogens is 507 g/mol. The fraction of sp³-hybridized carbons (Fsp3) is 0.417. The van der Waals surface area contributed by atoms with E-state index >= 15 is 0 Å². The molecule has 1 aliphatic rings. The van der Waals surface area contributed by atoms with Crippen molar-refractivity contribution in [2.24, 2.45) is 0 Å². The quantitative estimate of drug-likeness (QED) is 0.355. The van der Waals surface area contributed by atoms with E-state index in [0.29, 0.717) is 30.0 Å². The fourth-order valence-electron chi connectivity index (χ4n) is 3.85. The van der Waals surface area contributed by atoms with Crippen molar-refractivity contribution in [2.45, 2.75) is 51.7 Å². The van der Waals surface area contributed by atoms with Gasteiger partial charge in [0.15, 0.2) is 0 Å². The lowest BCUT2D eigenvalue weighted by Gasteiger charge is -2.17. The van der Waals surface area contributed by atoms with Gasteiger partial charge in [-0.3, -0.25) is 14.2 Å². The minimum atomic E-state index is -3.22. The molecule has 0 heterocycles.